The maximum absolute atomic E-state index is 11.8. The Morgan fingerprint density at radius 3 is 2.63 bits per heavy atom. The van der Waals surface area contributed by atoms with Gasteiger partial charge in [0, 0.05) is 18.4 Å². The minimum atomic E-state index is -0.712. The van der Waals surface area contributed by atoms with Gasteiger partial charge < -0.3 is 10.4 Å². The summed E-state index contributed by atoms with van der Waals surface area (Å²) in [5, 5.41) is 13.3. The van der Waals surface area contributed by atoms with E-state index in [2.05, 4.69) is 10.3 Å². The molecule has 0 aliphatic heterocycles. The molecular weight excluding hydrogens is 240 g/mol. The molecular formula is C15H22N2O2. The van der Waals surface area contributed by atoms with Gasteiger partial charge in [-0.1, -0.05) is 31.7 Å². The van der Waals surface area contributed by atoms with Crippen LogP contribution in [0.3, 0.4) is 0 Å². The zero-order valence-corrected chi connectivity index (χ0v) is 11.3. The maximum atomic E-state index is 11.8. The lowest BCUT2D eigenvalue weighted by Crippen LogP contribution is -2.43. The van der Waals surface area contributed by atoms with Gasteiger partial charge in [-0.3, -0.25) is 9.78 Å². The van der Waals surface area contributed by atoms with E-state index in [1.807, 2.05) is 18.2 Å². The first-order chi connectivity index (χ1) is 9.18. The SMILES string of the molecule is O=C(Cc1ccccn1)NCC1(O)CCCCCC1. The number of aromatic nitrogens is 1. The average molecular weight is 262 g/mol. The van der Waals surface area contributed by atoms with Gasteiger partial charge in [0.1, 0.15) is 0 Å². The predicted molar refractivity (Wildman–Crippen MR) is 73.6 cm³/mol. The van der Waals surface area contributed by atoms with E-state index in [1.165, 1.54) is 12.8 Å². The van der Waals surface area contributed by atoms with Crippen LogP contribution in [0.4, 0.5) is 0 Å². The Bertz CT molecular complexity index is 398. The highest BCUT2D eigenvalue weighted by Gasteiger charge is 2.28. The smallest absolute Gasteiger partial charge is 0.226 e. The molecule has 4 nitrogen and oxygen atoms in total. The van der Waals surface area contributed by atoms with Crippen molar-refractivity contribution >= 4 is 5.91 Å². The van der Waals surface area contributed by atoms with Crippen LogP contribution in [0.15, 0.2) is 24.4 Å². The van der Waals surface area contributed by atoms with Gasteiger partial charge in [-0.05, 0) is 25.0 Å². The van der Waals surface area contributed by atoms with Crippen molar-refractivity contribution in [3.8, 4) is 0 Å². The van der Waals surface area contributed by atoms with E-state index in [0.29, 0.717) is 6.54 Å². The number of nitrogens with zero attached hydrogens (tertiary/aromatic N) is 1. The number of hydrogen-bond donors (Lipinski definition) is 2. The molecule has 1 fully saturated rings. The first-order valence-corrected chi connectivity index (χ1v) is 7.07. The number of amides is 1. The summed E-state index contributed by atoms with van der Waals surface area (Å²) < 4.78 is 0. The van der Waals surface area contributed by atoms with Crippen molar-refractivity contribution in [1.82, 2.24) is 10.3 Å². The lowest BCUT2D eigenvalue weighted by molar-refractivity contribution is -0.121. The standard InChI is InChI=1S/C15H22N2O2/c18-14(11-13-7-3-6-10-16-13)17-12-15(19)8-4-1-2-5-9-15/h3,6-7,10,19H,1-2,4-5,8-9,11-12H2,(H,17,18). The Morgan fingerprint density at radius 1 is 1.26 bits per heavy atom. The van der Waals surface area contributed by atoms with Gasteiger partial charge in [-0.15, -0.1) is 0 Å². The van der Waals surface area contributed by atoms with Crippen LogP contribution in [-0.2, 0) is 11.2 Å². The van der Waals surface area contributed by atoms with Crippen LogP contribution < -0.4 is 5.32 Å². The number of aliphatic hydroxyl groups is 1. The first-order valence-electron chi connectivity index (χ1n) is 7.07. The van der Waals surface area contributed by atoms with Crippen LogP contribution >= 0.6 is 0 Å². The molecule has 0 saturated heterocycles. The molecule has 1 amide bonds. The Balaban J connectivity index is 1.79. The number of rotatable bonds is 4. The van der Waals surface area contributed by atoms with Crippen molar-refractivity contribution in [2.24, 2.45) is 0 Å². The molecule has 0 spiro atoms. The quantitative estimate of drug-likeness (QED) is 0.814. The van der Waals surface area contributed by atoms with Crippen LogP contribution in [0, 0.1) is 0 Å². The molecule has 1 aliphatic rings. The maximum Gasteiger partial charge on any atom is 0.226 e. The zero-order chi connectivity index (χ0) is 13.6. The summed E-state index contributed by atoms with van der Waals surface area (Å²) in [6.07, 6.45) is 8.00. The van der Waals surface area contributed by atoms with Crippen LogP contribution in [0.5, 0.6) is 0 Å². The van der Waals surface area contributed by atoms with Gasteiger partial charge in [0.25, 0.3) is 0 Å². The molecule has 19 heavy (non-hydrogen) atoms. The van der Waals surface area contributed by atoms with E-state index in [9.17, 15) is 9.90 Å². The molecule has 0 bridgehead atoms. The molecule has 1 aliphatic carbocycles. The second-order valence-corrected chi connectivity index (χ2v) is 5.41. The van der Waals surface area contributed by atoms with E-state index in [0.717, 1.165) is 31.4 Å². The van der Waals surface area contributed by atoms with Gasteiger partial charge in [0.2, 0.25) is 5.91 Å². The lowest BCUT2D eigenvalue weighted by atomic mass is 9.94. The van der Waals surface area contributed by atoms with E-state index >= 15 is 0 Å². The van der Waals surface area contributed by atoms with Gasteiger partial charge in [-0.25, -0.2) is 0 Å². The summed E-state index contributed by atoms with van der Waals surface area (Å²) in [5.41, 5.74) is 0.0452. The summed E-state index contributed by atoms with van der Waals surface area (Å²) in [6, 6.07) is 5.53. The second kappa shape index (κ2) is 6.66. The molecule has 104 valence electrons. The molecule has 1 heterocycles. The number of nitrogens with one attached hydrogen (secondary N) is 1. The molecule has 0 unspecified atom stereocenters. The highest BCUT2D eigenvalue weighted by Crippen LogP contribution is 2.26. The number of carbonyl (C=O) groups is 1. The number of carbonyl (C=O) groups excluding carboxylic acids is 1. The molecule has 0 aromatic carbocycles. The largest absolute Gasteiger partial charge is 0.388 e. The normalized spacial score (nSPS) is 18.6. The Hall–Kier alpha value is -1.42. The molecule has 0 atom stereocenters. The number of hydrogen-bond acceptors (Lipinski definition) is 3. The van der Waals surface area contributed by atoms with Crippen LogP contribution in [0.25, 0.3) is 0 Å². The van der Waals surface area contributed by atoms with Crippen molar-refractivity contribution in [1.29, 1.82) is 0 Å². The van der Waals surface area contributed by atoms with E-state index in [-0.39, 0.29) is 12.3 Å². The number of pyridine rings is 1. The van der Waals surface area contributed by atoms with E-state index < -0.39 is 5.60 Å². The molecule has 4 heteroatoms. The highest BCUT2D eigenvalue weighted by molar-refractivity contribution is 5.78. The van der Waals surface area contributed by atoms with Crippen LogP contribution in [0.1, 0.15) is 44.2 Å². The van der Waals surface area contributed by atoms with Crippen LogP contribution in [0.2, 0.25) is 0 Å². The van der Waals surface area contributed by atoms with Crippen molar-refractivity contribution < 1.29 is 9.90 Å². The fourth-order valence-corrected chi connectivity index (χ4v) is 2.56. The van der Waals surface area contributed by atoms with Gasteiger partial charge in [-0.2, -0.15) is 0 Å². The molecule has 2 rings (SSSR count). The van der Waals surface area contributed by atoms with Crippen molar-refractivity contribution in [3.05, 3.63) is 30.1 Å². The average Bonchev–Trinajstić information content (AvgIpc) is 2.63. The summed E-state index contributed by atoms with van der Waals surface area (Å²) in [7, 11) is 0. The van der Waals surface area contributed by atoms with Crippen molar-refractivity contribution in [2.45, 2.75) is 50.5 Å². The van der Waals surface area contributed by atoms with E-state index in [4.69, 9.17) is 0 Å². The summed E-state index contributed by atoms with van der Waals surface area (Å²) in [4.78, 5) is 15.9. The van der Waals surface area contributed by atoms with Crippen molar-refractivity contribution in [2.75, 3.05) is 6.54 Å². The summed E-state index contributed by atoms with van der Waals surface area (Å²) in [6.45, 7) is 0.360. The Kier molecular flexibility index (Phi) is 4.91. The molecule has 1 aromatic rings. The Morgan fingerprint density at radius 2 is 2.00 bits per heavy atom. The third-order valence-corrected chi connectivity index (χ3v) is 3.72. The third kappa shape index (κ3) is 4.63. The molecule has 1 aromatic heterocycles. The molecule has 2 N–H and O–H groups in total. The monoisotopic (exact) mass is 262 g/mol. The minimum absolute atomic E-state index is 0.0728. The Labute approximate surface area is 114 Å². The molecule has 1 saturated carbocycles. The lowest BCUT2D eigenvalue weighted by Gasteiger charge is -2.26. The van der Waals surface area contributed by atoms with Gasteiger partial charge in [0.05, 0.1) is 12.0 Å². The summed E-state index contributed by atoms with van der Waals surface area (Å²) >= 11 is 0. The van der Waals surface area contributed by atoms with Crippen LogP contribution in [-0.4, -0.2) is 28.1 Å². The fourth-order valence-electron chi connectivity index (χ4n) is 2.56. The first kappa shape index (κ1) is 14.0. The minimum Gasteiger partial charge on any atom is -0.388 e. The highest BCUT2D eigenvalue weighted by atomic mass is 16.3. The van der Waals surface area contributed by atoms with Gasteiger partial charge >= 0.3 is 0 Å². The predicted octanol–water partition coefficient (Wildman–Crippen LogP) is 1.83. The zero-order valence-electron chi connectivity index (χ0n) is 11.3. The fraction of sp³-hybridized carbons (Fsp3) is 0.600. The third-order valence-electron chi connectivity index (χ3n) is 3.72. The van der Waals surface area contributed by atoms with Crippen molar-refractivity contribution in [3.63, 3.8) is 0 Å². The molecule has 0 radical (unpaired) electrons. The van der Waals surface area contributed by atoms with E-state index in [1.54, 1.807) is 6.20 Å². The summed E-state index contributed by atoms with van der Waals surface area (Å²) in [5.74, 6) is -0.0728. The topological polar surface area (TPSA) is 62.2 Å². The van der Waals surface area contributed by atoms with Gasteiger partial charge in [0.15, 0.2) is 0 Å². The second-order valence-electron chi connectivity index (χ2n) is 5.41.